The van der Waals surface area contributed by atoms with E-state index in [1.54, 1.807) is 6.92 Å². The van der Waals surface area contributed by atoms with Crippen molar-refractivity contribution in [3.05, 3.63) is 36.0 Å². The number of aliphatic carboxylic acids is 1. The summed E-state index contributed by atoms with van der Waals surface area (Å²) in [5, 5.41) is 10.1. The lowest BCUT2D eigenvalue weighted by Crippen LogP contribution is -2.09. The first-order chi connectivity index (χ1) is 8.18. The van der Waals surface area contributed by atoms with Crippen molar-refractivity contribution in [3.63, 3.8) is 0 Å². The summed E-state index contributed by atoms with van der Waals surface area (Å²) in [5.41, 5.74) is 2.42. The van der Waals surface area contributed by atoms with Crippen LogP contribution in [0.4, 0.5) is 0 Å². The third kappa shape index (κ3) is 2.67. The molecule has 2 rings (SSSR count). The molecule has 3 heteroatoms. The zero-order valence-corrected chi connectivity index (χ0v) is 9.94. The zero-order valence-electron chi connectivity index (χ0n) is 9.94. The number of carboxylic acids is 1. The van der Waals surface area contributed by atoms with E-state index >= 15 is 0 Å². The van der Waals surface area contributed by atoms with Crippen LogP contribution in [0, 0.1) is 5.92 Å². The SMILES string of the molecule is CC(CCCc1c[nH]c2ccccc12)C(=O)O. The van der Waals surface area contributed by atoms with E-state index in [2.05, 4.69) is 17.1 Å². The molecule has 0 bridgehead atoms. The van der Waals surface area contributed by atoms with Crippen molar-refractivity contribution in [2.45, 2.75) is 26.2 Å². The number of carbonyl (C=O) groups is 1. The number of aromatic nitrogens is 1. The molecule has 0 aliphatic rings. The molecule has 0 aliphatic heterocycles. The molecule has 17 heavy (non-hydrogen) atoms. The zero-order chi connectivity index (χ0) is 12.3. The van der Waals surface area contributed by atoms with Crippen molar-refractivity contribution in [1.29, 1.82) is 0 Å². The van der Waals surface area contributed by atoms with Crippen LogP contribution in [-0.4, -0.2) is 16.1 Å². The van der Waals surface area contributed by atoms with Gasteiger partial charge in [0.05, 0.1) is 5.92 Å². The van der Waals surface area contributed by atoms with Crippen molar-refractivity contribution < 1.29 is 9.90 Å². The van der Waals surface area contributed by atoms with Crippen molar-refractivity contribution in [2.24, 2.45) is 5.92 Å². The van der Waals surface area contributed by atoms with E-state index < -0.39 is 5.97 Å². The first-order valence-electron chi connectivity index (χ1n) is 5.96. The number of rotatable bonds is 5. The molecule has 2 N–H and O–H groups in total. The van der Waals surface area contributed by atoms with E-state index in [-0.39, 0.29) is 5.92 Å². The Balaban J connectivity index is 1.98. The fourth-order valence-corrected chi connectivity index (χ4v) is 2.06. The highest BCUT2D eigenvalue weighted by Crippen LogP contribution is 2.20. The Kier molecular flexibility index (Phi) is 3.47. The van der Waals surface area contributed by atoms with E-state index in [4.69, 9.17) is 5.11 Å². The highest BCUT2D eigenvalue weighted by Gasteiger charge is 2.10. The van der Waals surface area contributed by atoms with Crippen molar-refractivity contribution in [2.75, 3.05) is 0 Å². The fourth-order valence-electron chi connectivity index (χ4n) is 2.06. The van der Waals surface area contributed by atoms with Crippen LogP contribution in [0.15, 0.2) is 30.5 Å². The van der Waals surface area contributed by atoms with Gasteiger partial charge in [0.2, 0.25) is 0 Å². The van der Waals surface area contributed by atoms with Gasteiger partial charge in [-0.25, -0.2) is 0 Å². The Morgan fingerprint density at radius 3 is 2.94 bits per heavy atom. The monoisotopic (exact) mass is 231 g/mol. The Morgan fingerprint density at radius 1 is 1.41 bits per heavy atom. The number of hydrogen-bond donors (Lipinski definition) is 2. The van der Waals surface area contributed by atoms with Gasteiger partial charge >= 0.3 is 5.97 Å². The molecule has 0 amide bonds. The van der Waals surface area contributed by atoms with Crippen LogP contribution in [-0.2, 0) is 11.2 Å². The van der Waals surface area contributed by atoms with Gasteiger partial charge in [-0.05, 0) is 30.9 Å². The van der Waals surface area contributed by atoms with E-state index in [1.807, 2.05) is 18.3 Å². The smallest absolute Gasteiger partial charge is 0.306 e. The number of benzene rings is 1. The maximum Gasteiger partial charge on any atom is 0.306 e. The summed E-state index contributed by atoms with van der Waals surface area (Å²) in [6.07, 6.45) is 4.60. The van der Waals surface area contributed by atoms with E-state index in [0.717, 1.165) is 24.8 Å². The Labute approximate surface area is 100 Å². The minimum Gasteiger partial charge on any atom is -0.481 e. The molecule has 0 fully saturated rings. The summed E-state index contributed by atoms with van der Waals surface area (Å²) in [7, 11) is 0. The number of para-hydroxylation sites is 1. The number of aromatic amines is 1. The summed E-state index contributed by atoms with van der Waals surface area (Å²) >= 11 is 0. The Hall–Kier alpha value is -1.77. The highest BCUT2D eigenvalue weighted by atomic mass is 16.4. The van der Waals surface area contributed by atoms with E-state index in [9.17, 15) is 4.79 Å². The molecule has 1 aromatic heterocycles. The van der Waals surface area contributed by atoms with Crippen molar-refractivity contribution in [3.8, 4) is 0 Å². The van der Waals surface area contributed by atoms with Gasteiger partial charge in [0.25, 0.3) is 0 Å². The molecule has 3 nitrogen and oxygen atoms in total. The molecule has 1 aromatic carbocycles. The van der Waals surface area contributed by atoms with Crippen molar-refractivity contribution >= 4 is 16.9 Å². The fraction of sp³-hybridized carbons (Fsp3) is 0.357. The van der Waals surface area contributed by atoms with Crippen LogP contribution in [0.1, 0.15) is 25.3 Å². The van der Waals surface area contributed by atoms with Gasteiger partial charge in [-0.1, -0.05) is 25.1 Å². The number of nitrogens with one attached hydrogen (secondary N) is 1. The average Bonchev–Trinajstić information content (AvgIpc) is 2.72. The second-order valence-corrected chi connectivity index (χ2v) is 4.49. The molecular weight excluding hydrogens is 214 g/mol. The van der Waals surface area contributed by atoms with E-state index in [0.29, 0.717) is 0 Å². The number of aryl methyl sites for hydroxylation is 1. The van der Waals surface area contributed by atoms with Gasteiger partial charge in [0.1, 0.15) is 0 Å². The quantitative estimate of drug-likeness (QED) is 0.830. The maximum absolute atomic E-state index is 10.7. The molecule has 0 radical (unpaired) electrons. The molecule has 1 atom stereocenters. The standard InChI is InChI=1S/C14H17NO2/c1-10(14(16)17)5-4-6-11-9-15-13-8-3-2-7-12(11)13/h2-3,7-10,15H,4-6H2,1H3,(H,16,17). The summed E-state index contributed by atoms with van der Waals surface area (Å²) in [5.74, 6) is -0.955. The average molecular weight is 231 g/mol. The highest BCUT2D eigenvalue weighted by molar-refractivity contribution is 5.83. The van der Waals surface area contributed by atoms with Gasteiger partial charge in [0.15, 0.2) is 0 Å². The molecule has 1 unspecified atom stereocenters. The minimum absolute atomic E-state index is 0.250. The molecule has 0 saturated carbocycles. The number of H-pyrrole nitrogens is 1. The van der Waals surface area contributed by atoms with Gasteiger partial charge in [-0.2, -0.15) is 0 Å². The molecule has 90 valence electrons. The van der Waals surface area contributed by atoms with Crippen LogP contribution in [0.2, 0.25) is 0 Å². The van der Waals surface area contributed by atoms with Gasteiger partial charge in [-0.3, -0.25) is 4.79 Å². The topological polar surface area (TPSA) is 53.1 Å². The second kappa shape index (κ2) is 5.04. The number of carboxylic acid groups (broad SMARTS) is 1. The minimum atomic E-state index is -0.705. The van der Waals surface area contributed by atoms with Crippen LogP contribution < -0.4 is 0 Å². The molecular formula is C14H17NO2. The maximum atomic E-state index is 10.7. The molecule has 1 heterocycles. The number of fused-ring (bicyclic) bond motifs is 1. The lowest BCUT2D eigenvalue weighted by molar-refractivity contribution is -0.141. The predicted octanol–water partition coefficient (Wildman–Crippen LogP) is 3.21. The first kappa shape index (κ1) is 11.7. The largest absolute Gasteiger partial charge is 0.481 e. The van der Waals surface area contributed by atoms with Gasteiger partial charge in [0, 0.05) is 17.1 Å². The lowest BCUT2D eigenvalue weighted by Gasteiger charge is -2.04. The molecule has 0 saturated heterocycles. The Bertz CT molecular complexity index is 516. The van der Waals surface area contributed by atoms with Crippen LogP contribution in [0.25, 0.3) is 10.9 Å². The summed E-state index contributed by atoms with van der Waals surface area (Å²) in [6.45, 7) is 1.76. The normalized spacial score (nSPS) is 12.8. The van der Waals surface area contributed by atoms with Crippen LogP contribution in [0.5, 0.6) is 0 Å². The number of hydrogen-bond acceptors (Lipinski definition) is 1. The lowest BCUT2D eigenvalue weighted by atomic mass is 10.0. The molecule has 2 aromatic rings. The van der Waals surface area contributed by atoms with Crippen LogP contribution in [0.3, 0.4) is 0 Å². The molecule has 0 aliphatic carbocycles. The first-order valence-corrected chi connectivity index (χ1v) is 5.96. The third-order valence-corrected chi connectivity index (χ3v) is 3.18. The van der Waals surface area contributed by atoms with Crippen molar-refractivity contribution in [1.82, 2.24) is 4.98 Å². The molecule has 0 spiro atoms. The van der Waals surface area contributed by atoms with E-state index in [1.165, 1.54) is 10.9 Å². The third-order valence-electron chi connectivity index (χ3n) is 3.18. The second-order valence-electron chi connectivity index (χ2n) is 4.49. The van der Waals surface area contributed by atoms with Gasteiger partial charge in [-0.15, -0.1) is 0 Å². The summed E-state index contributed by atoms with van der Waals surface area (Å²) in [6, 6.07) is 8.19. The summed E-state index contributed by atoms with van der Waals surface area (Å²) in [4.78, 5) is 13.9. The predicted molar refractivity (Wildman–Crippen MR) is 68.0 cm³/mol. The van der Waals surface area contributed by atoms with Crippen LogP contribution >= 0.6 is 0 Å². The summed E-state index contributed by atoms with van der Waals surface area (Å²) < 4.78 is 0. The Morgan fingerprint density at radius 2 is 2.18 bits per heavy atom. The van der Waals surface area contributed by atoms with Gasteiger partial charge < -0.3 is 10.1 Å².